The zero-order valence-electron chi connectivity index (χ0n) is 16.2. The number of amides is 3. The van der Waals surface area contributed by atoms with Crippen LogP contribution in [-0.2, 0) is 4.79 Å². The lowest BCUT2D eigenvalue weighted by Gasteiger charge is -2.35. The van der Waals surface area contributed by atoms with E-state index in [4.69, 9.17) is 0 Å². The van der Waals surface area contributed by atoms with E-state index in [0.29, 0.717) is 43.0 Å². The molecule has 1 saturated heterocycles. The van der Waals surface area contributed by atoms with Gasteiger partial charge in [-0.25, -0.2) is 0 Å². The fraction of sp³-hybridized carbons (Fsp3) is 0.318. The number of hydrogen-bond donors (Lipinski definition) is 1. The molecule has 2 aromatic rings. The minimum Gasteiger partial charge on any atom is -0.339 e. The van der Waals surface area contributed by atoms with Gasteiger partial charge in [0.2, 0.25) is 5.91 Å². The summed E-state index contributed by atoms with van der Waals surface area (Å²) in [5, 5.41) is 2.84. The standard InChI is InChI=1S/C22H25N3O3/c1-16(2)21(27)24-12-14-25(15-13-24)22(28)18-10-6-7-11-19(18)23-20(26)17-8-4-3-5-9-17/h3-11,16H,12-15H2,1-2H3,(H,23,26). The maximum absolute atomic E-state index is 13.0. The molecule has 2 aromatic carbocycles. The molecule has 6 heteroatoms. The van der Waals surface area contributed by atoms with E-state index in [0.717, 1.165) is 0 Å². The second-order valence-electron chi connectivity index (χ2n) is 7.14. The highest BCUT2D eigenvalue weighted by molar-refractivity contribution is 6.09. The van der Waals surface area contributed by atoms with E-state index in [-0.39, 0.29) is 23.6 Å². The van der Waals surface area contributed by atoms with Crippen molar-refractivity contribution in [2.75, 3.05) is 31.5 Å². The van der Waals surface area contributed by atoms with Crippen molar-refractivity contribution in [2.24, 2.45) is 5.92 Å². The summed E-state index contributed by atoms with van der Waals surface area (Å²) < 4.78 is 0. The van der Waals surface area contributed by atoms with E-state index in [2.05, 4.69) is 5.32 Å². The van der Waals surface area contributed by atoms with E-state index >= 15 is 0 Å². The van der Waals surface area contributed by atoms with Crippen LogP contribution in [0.25, 0.3) is 0 Å². The Hall–Kier alpha value is -3.15. The minimum atomic E-state index is -0.256. The molecule has 3 rings (SSSR count). The fourth-order valence-corrected chi connectivity index (χ4v) is 3.23. The molecule has 3 amide bonds. The molecule has 28 heavy (non-hydrogen) atoms. The molecular weight excluding hydrogens is 354 g/mol. The van der Waals surface area contributed by atoms with Crippen LogP contribution in [0.5, 0.6) is 0 Å². The zero-order valence-corrected chi connectivity index (χ0v) is 16.2. The smallest absolute Gasteiger partial charge is 0.256 e. The number of carbonyl (C=O) groups is 3. The Labute approximate surface area is 165 Å². The maximum atomic E-state index is 13.0. The van der Waals surface area contributed by atoms with Crippen molar-refractivity contribution in [2.45, 2.75) is 13.8 Å². The average molecular weight is 379 g/mol. The van der Waals surface area contributed by atoms with Gasteiger partial charge in [-0.15, -0.1) is 0 Å². The molecule has 1 N–H and O–H groups in total. The van der Waals surface area contributed by atoms with Gasteiger partial charge in [-0.05, 0) is 24.3 Å². The predicted octanol–water partition coefficient (Wildman–Crippen LogP) is 2.88. The third kappa shape index (κ3) is 4.39. The first-order valence-corrected chi connectivity index (χ1v) is 9.51. The molecule has 1 aliphatic rings. The normalized spacial score (nSPS) is 14.1. The minimum absolute atomic E-state index is 0.0452. The van der Waals surface area contributed by atoms with Crippen LogP contribution >= 0.6 is 0 Å². The lowest BCUT2D eigenvalue weighted by molar-refractivity contribution is -0.135. The van der Waals surface area contributed by atoms with E-state index < -0.39 is 0 Å². The zero-order chi connectivity index (χ0) is 20.1. The Bertz CT molecular complexity index is 856. The number of piperazine rings is 1. The molecule has 0 saturated carbocycles. The highest BCUT2D eigenvalue weighted by Crippen LogP contribution is 2.20. The number of para-hydroxylation sites is 1. The van der Waals surface area contributed by atoms with Crippen molar-refractivity contribution in [1.82, 2.24) is 9.80 Å². The Morgan fingerprint density at radius 2 is 1.39 bits per heavy atom. The topological polar surface area (TPSA) is 69.7 Å². The third-order valence-corrected chi connectivity index (χ3v) is 4.81. The van der Waals surface area contributed by atoms with Crippen LogP contribution in [0, 0.1) is 5.92 Å². The summed E-state index contributed by atoms with van der Waals surface area (Å²) in [6.45, 7) is 5.79. The van der Waals surface area contributed by atoms with Crippen LogP contribution < -0.4 is 5.32 Å². The summed E-state index contributed by atoms with van der Waals surface area (Å²) in [7, 11) is 0. The second kappa shape index (κ2) is 8.69. The van der Waals surface area contributed by atoms with E-state index in [9.17, 15) is 14.4 Å². The molecule has 0 aliphatic carbocycles. The van der Waals surface area contributed by atoms with Crippen LogP contribution in [0.15, 0.2) is 54.6 Å². The van der Waals surface area contributed by atoms with Crippen molar-refractivity contribution >= 4 is 23.4 Å². The largest absolute Gasteiger partial charge is 0.339 e. The van der Waals surface area contributed by atoms with Crippen LogP contribution in [0.4, 0.5) is 5.69 Å². The summed E-state index contributed by atoms with van der Waals surface area (Å²) in [6, 6.07) is 15.9. The molecule has 0 bridgehead atoms. The van der Waals surface area contributed by atoms with Crippen molar-refractivity contribution in [1.29, 1.82) is 0 Å². The Morgan fingerprint density at radius 1 is 0.821 bits per heavy atom. The number of benzene rings is 2. The first kappa shape index (κ1) is 19.6. The quantitative estimate of drug-likeness (QED) is 0.888. The van der Waals surface area contributed by atoms with Gasteiger partial charge < -0.3 is 15.1 Å². The van der Waals surface area contributed by atoms with E-state index in [1.54, 1.807) is 58.3 Å². The van der Waals surface area contributed by atoms with Gasteiger partial charge >= 0.3 is 0 Å². The first-order chi connectivity index (χ1) is 13.5. The summed E-state index contributed by atoms with van der Waals surface area (Å²) in [5.41, 5.74) is 1.48. The monoisotopic (exact) mass is 379 g/mol. The SMILES string of the molecule is CC(C)C(=O)N1CCN(C(=O)c2ccccc2NC(=O)c2ccccc2)CC1. The molecule has 6 nitrogen and oxygen atoms in total. The number of hydrogen-bond acceptors (Lipinski definition) is 3. The first-order valence-electron chi connectivity index (χ1n) is 9.51. The van der Waals surface area contributed by atoms with E-state index in [1.807, 2.05) is 19.9 Å². The Kier molecular flexibility index (Phi) is 6.09. The molecule has 0 radical (unpaired) electrons. The summed E-state index contributed by atoms with van der Waals surface area (Å²) in [4.78, 5) is 41.2. The molecule has 1 aliphatic heterocycles. The molecule has 1 fully saturated rings. The van der Waals surface area contributed by atoms with Gasteiger partial charge in [-0.1, -0.05) is 44.2 Å². The van der Waals surface area contributed by atoms with Gasteiger partial charge in [-0.3, -0.25) is 14.4 Å². The lowest BCUT2D eigenvalue weighted by Crippen LogP contribution is -2.51. The lowest BCUT2D eigenvalue weighted by atomic mass is 10.1. The van der Waals surface area contributed by atoms with Crippen molar-refractivity contribution in [3.63, 3.8) is 0 Å². The molecule has 0 aromatic heterocycles. The van der Waals surface area contributed by atoms with Crippen molar-refractivity contribution < 1.29 is 14.4 Å². The van der Waals surface area contributed by atoms with Gasteiger partial charge in [-0.2, -0.15) is 0 Å². The summed E-state index contributed by atoms with van der Waals surface area (Å²) in [6.07, 6.45) is 0. The molecule has 1 heterocycles. The van der Waals surface area contributed by atoms with Gasteiger partial charge in [0.25, 0.3) is 11.8 Å². The van der Waals surface area contributed by atoms with Crippen molar-refractivity contribution in [3.8, 4) is 0 Å². The number of rotatable bonds is 4. The number of carbonyl (C=O) groups excluding carboxylic acids is 3. The van der Waals surface area contributed by atoms with Crippen LogP contribution in [-0.4, -0.2) is 53.7 Å². The van der Waals surface area contributed by atoms with E-state index in [1.165, 1.54) is 0 Å². The van der Waals surface area contributed by atoms with Crippen molar-refractivity contribution in [3.05, 3.63) is 65.7 Å². The summed E-state index contributed by atoms with van der Waals surface area (Å²) in [5.74, 6) is -0.326. The van der Waals surface area contributed by atoms with Gasteiger partial charge in [0, 0.05) is 37.7 Å². The molecule has 0 atom stereocenters. The molecule has 146 valence electrons. The highest BCUT2D eigenvalue weighted by atomic mass is 16.2. The highest BCUT2D eigenvalue weighted by Gasteiger charge is 2.27. The molecular formula is C22H25N3O3. The fourth-order valence-electron chi connectivity index (χ4n) is 3.23. The summed E-state index contributed by atoms with van der Waals surface area (Å²) >= 11 is 0. The second-order valence-corrected chi connectivity index (χ2v) is 7.14. The van der Waals surface area contributed by atoms with Crippen LogP contribution in [0.1, 0.15) is 34.6 Å². The maximum Gasteiger partial charge on any atom is 0.256 e. The van der Waals surface area contributed by atoms with Crippen LogP contribution in [0.3, 0.4) is 0 Å². The predicted molar refractivity (Wildman–Crippen MR) is 108 cm³/mol. The average Bonchev–Trinajstić information content (AvgIpc) is 2.73. The van der Waals surface area contributed by atoms with Crippen LogP contribution in [0.2, 0.25) is 0 Å². The molecule has 0 unspecified atom stereocenters. The Morgan fingerprint density at radius 3 is 2.04 bits per heavy atom. The molecule has 0 spiro atoms. The Balaban J connectivity index is 1.70. The van der Waals surface area contributed by atoms with Gasteiger partial charge in [0.05, 0.1) is 11.3 Å². The number of nitrogens with zero attached hydrogens (tertiary/aromatic N) is 2. The number of anilines is 1. The third-order valence-electron chi connectivity index (χ3n) is 4.81. The van der Waals surface area contributed by atoms with Gasteiger partial charge in [0.1, 0.15) is 0 Å². The number of nitrogens with one attached hydrogen (secondary N) is 1. The van der Waals surface area contributed by atoms with Gasteiger partial charge in [0.15, 0.2) is 0 Å².